The highest BCUT2D eigenvalue weighted by atomic mass is 35.5. The Bertz CT molecular complexity index is 1380. The second-order valence-electron chi connectivity index (χ2n) is 9.00. The maximum absolute atomic E-state index is 13.2. The minimum Gasteiger partial charge on any atom is -0.464 e. The first-order valence-corrected chi connectivity index (χ1v) is 11.5. The van der Waals surface area contributed by atoms with Gasteiger partial charge in [0.2, 0.25) is 0 Å². The molecule has 31 heavy (non-hydrogen) atoms. The minimum atomic E-state index is 0.0280. The van der Waals surface area contributed by atoms with Gasteiger partial charge in [-0.3, -0.25) is 9.69 Å². The smallest absolute Gasteiger partial charge is 0.197 e. The van der Waals surface area contributed by atoms with E-state index in [-0.39, 0.29) is 5.43 Å². The van der Waals surface area contributed by atoms with Crippen molar-refractivity contribution in [3.05, 3.63) is 80.3 Å². The number of rotatable bonds is 2. The first-order chi connectivity index (χ1) is 15.1. The fraction of sp³-hybridized carbons (Fsp3) is 0.346. The molecule has 0 N–H and O–H groups in total. The average molecular weight is 433 g/mol. The lowest BCUT2D eigenvalue weighted by atomic mass is 9.90. The molecular weight excluding hydrogens is 408 g/mol. The quantitative estimate of drug-likeness (QED) is 0.390. The molecule has 3 heterocycles. The summed E-state index contributed by atoms with van der Waals surface area (Å²) in [6, 6.07) is 12.4. The zero-order valence-electron chi connectivity index (χ0n) is 17.7. The molecule has 2 aromatic heterocycles. The van der Waals surface area contributed by atoms with Gasteiger partial charge in [-0.25, -0.2) is 0 Å². The molecule has 4 aromatic rings. The number of aromatic nitrogens is 1. The normalized spacial score (nSPS) is 19.0. The van der Waals surface area contributed by atoms with E-state index < -0.39 is 0 Å². The molecule has 6 rings (SSSR count). The van der Waals surface area contributed by atoms with Gasteiger partial charge in [-0.05, 0) is 68.5 Å². The van der Waals surface area contributed by atoms with Crippen LogP contribution in [0.2, 0.25) is 5.02 Å². The van der Waals surface area contributed by atoms with Crippen LogP contribution >= 0.6 is 11.6 Å². The number of hydrogen-bond donors (Lipinski definition) is 0. The van der Waals surface area contributed by atoms with Crippen molar-refractivity contribution in [2.24, 2.45) is 0 Å². The van der Waals surface area contributed by atoms with Crippen molar-refractivity contribution < 1.29 is 4.42 Å². The van der Waals surface area contributed by atoms with Gasteiger partial charge in [-0.1, -0.05) is 23.2 Å². The van der Waals surface area contributed by atoms with Crippen molar-refractivity contribution in [3.63, 3.8) is 0 Å². The van der Waals surface area contributed by atoms with Gasteiger partial charge >= 0.3 is 0 Å². The minimum absolute atomic E-state index is 0.0280. The zero-order valence-corrected chi connectivity index (χ0v) is 18.4. The summed E-state index contributed by atoms with van der Waals surface area (Å²) < 4.78 is 8.35. The molecule has 5 heteroatoms. The van der Waals surface area contributed by atoms with Crippen LogP contribution in [-0.4, -0.2) is 16.0 Å². The van der Waals surface area contributed by atoms with Crippen LogP contribution in [0.5, 0.6) is 0 Å². The summed E-state index contributed by atoms with van der Waals surface area (Å²) in [7, 11) is 0. The standard InChI is InChI=1S/C26H25ClN2O2/c1-16-6-8-22-20(12-16)19-4-2-5-23-25(19)29(22)11-3-10-28(23)14-17-15-31-24-9-7-18(27)13-21(24)26(17)30/h6-9,12-13,15,23H,2-5,10-11,14H2,1H3/t23-/m0/s1. The third kappa shape index (κ3) is 3.04. The van der Waals surface area contributed by atoms with Crippen molar-refractivity contribution in [2.75, 3.05) is 6.54 Å². The number of fused-ring (bicyclic) bond motifs is 4. The summed E-state index contributed by atoms with van der Waals surface area (Å²) in [6.07, 6.45) is 6.18. The monoisotopic (exact) mass is 432 g/mol. The van der Waals surface area contributed by atoms with Crippen molar-refractivity contribution in [3.8, 4) is 0 Å². The maximum Gasteiger partial charge on any atom is 0.197 e. The molecule has 0 saturated heterocycles. The Balaban J connectivity index is 1.44. The van der Waals surface area contributed by atoms with Crippen molar-refractivity contribution >= 4 is 33.5 Å². The topological polar surface area (TPSA) is 38.4 Å². The number of aryl methyl sites for hydroxylation is 3. The Kier molecular flexibility index (Phi) is 4.48. The van der Waals surface area contributed by atoms with Gasteiger partial charge in [0.05, 0.1) is 17.7 Å². The Labute approximate surface area is 186 Å². The second-order valence-corrected chi connectivity index (χ2v) is 9.44. The van der Waals surface area contributed by atoms with Crippen LogP contribution in [-0.2, 0) is 19.5 Å². The average Bonchev–Trinajstić information content (AvgIpc) is 2.95. The fourth-order valence-corrected chi connectivity index (χ4v) is 5.83. The molecule has 0 saturated carbocycles. The summed E-state index contributed by atoms with van der Waals surface area (Å²) >= 11 is 6.14. The van der Waals surface area contributed by atoms with E-state index in [1.807, 2.05) is 0 Å². The Morgan fingerprint density at radius 3 is 2.90 bits per heavy atom. The van der Waals surface area contributed by atoms with Gasteiger partial charge in [0.15, 0.2) is 5.43 Å². The SMILES string of the molecule is Cc1ccc2c(c1)c1c3n2CCCN(Cc2coc4ccc(Cl)cc4c2=O)[C@H]3CCC1. The van der Waals surface area contributed by atoms with Gasteiger partial charge in [0.1, 0.15) is 5.58 Å². The molecule has 4 nitrogen and oxygen atoms in total. The molecule has 1 atom stereocenters. The van der Waals surface area contributed by atoms with E-state index in [4.69, 9.17) is 16.0 Å². The molecule has 0 spiro atoms. The highest BCUT2D eigenvalue weighted by Gasteiger charge is 2.33. The first kappa shape index (κ1) is 19.1. The van der Waals surface area contributed by atoms with Crippen LogP contribution in [0.1, 0.15) is 47.7 Å². The Hall–Kier alpha value is -2.56. The van der Waals surface area contributed by atoms with Gasteiger partial charge < -0.3 is 8.98 Å². The first-order valence-electron chi connectivity index (χ1n) is 11.2. The van der Waals surface area contributed by atoms with E-state index in [0.717, 1.165) is 32.4 Å². The van der Waals surface area contributed by atoms with Crippen LogP contribution in [0.4, 0.5) is 0 Å². The molecule has 1 aliphatic carbocycles. The van der Waals surface area contributed by atoms with Gasteiger partial charge in [0, 0.05) is 46.8 Å². The van der Waals surface area contributed by atoms with E-state index in [2.05, 4.69) is 34.6 Å². The maximum atomic E-state index is 13.2. The van der Waals surface area contributed by atoms with Crippen molar-refractivity contribution in [1.29, 1.82) is 0 Å². The van der Waals surface area contributed by atoms with Crippen LogP contribution in [0.25, 0.3) is 21.9 Å². The molecular formula is C26H25ClN2O2. The lowest BCUT2D eigenvalue weighted by Gasteiger charge is -2.33. The summed E-state index contributed by atoms with van der Waals surface area (Å²) in [4.78, 5) is 15.7. The van der Waals surface area contributed by atoms with Crippen LogP contribution < -0.4 is 5.43 Å². The summed E-state index contributed by atoms with van der Waals surface area (Å²) in [5, 5.41) is 2.54. The third-order valence-electron chi connectivity index (χ3n) is 7.04. The van der Waals surface area contributed by atoms with Gasteiger partial charge in [-0.15, -0.1) is 0 Å². The molecule has 0 radical (unpaired) electrons. The van der Waals surface area contributed by atoms with E-state index in [1.54, 1.807) is 24.5 Å². The molecule has 2 aliphatic rings. The second kappa shape index (κ2) is 7.25. The number of halogens is 1. The van der Waals surface area contributed by atoms with Crippen LogP contribution in [0, 0.1) is 6.92 Å². The highest BCUT2D eigenvalue weighted by Crippen LogP contribution is 2.42. The summed E-state index contributed by atoms with van der Waals surface area (Å²) in [6.45, 7) is 4.79. The van der Waals surface area contributed by atoms with Crippen LogP contribution in [0.15, 0.2) is 51.9 Å². The highest BCUT2D eigenvalue weighted by molar-refractivity contribution is 6.31. The third-order valence-corrected chi connectivity index (χ3v) is 7.27. The lowest BCUT2D eigenvalue weighted by Crippen LogP contribution is -2.32. The van der Waals surface area contributed by atoms with Gasteiger partial charge in [-0.2, -0.15) is 0 Å². The number of benzene rings is 2. The van der Waals surface area contributed by atoms with E-state index in [1.165, 1.54) is 34.1 Å². The van der Waals surface area contributed by atoms with Crippen molar-refractivity contribution in [2.45, 2.75) is 51.7 Å². The van der Waals surface area contributed by atoms with E-state index >= 15 is 0 Å². The molecule has 2 aromatic carbocycles. The molecule has 0 amide bonds. The van der Waals surface area contributed by atoms with Crippen LogP contribution in [0.3, 0.4) is 0 Å². The van der Waals surface area contributed by atoms with E-state index in [0.29, 0.717) is 34.1 Å². The Morgan fingerprint density at radius 2 is 2.00 bits per heavy atom. The summed E-state index contributed by atoms with van der Waals surface area (Å²) in [5.41, 5.74) is 6.99. The summed E-state index contributed by atoms with van der Waals surface area (Å²) in [5.74, 6) is 0. The van der Waals surface area contributed by atoms with Gasteiger partial charge in [0.25, 0.3) is 0 Å². The predicted octanol–water partition coefficient (Wildman–Crippen LogP) is 5.99. The predicted molar refractivity (Wildman–Crippen MR) is 125 cm³/mol. The number of nitrogens with zero attached hydrogens (tertiary/aromatic N) is 2. The lowest BCUT2D eigenvalue weighted by molar-refractivity contribution is 0.172. The fourth-order valence-electron chi connectivity index (χ4n) is 5.66. The molecule has 0 fully saturated rings. The van der Waals surface area contributed by atoms with E-state index in [9.17, 15) is 4.79 Å². The zero-order chi connectivity index (χ0) is 21.1. The largest absolute Gasteiger partial charge is 0.464 e. The molecule has 0 bridgehead atoms. The van der Waals surface area contributed by atoms with Crippen molar-refractivity contribution in [1.82, 2.24) is 9.47 Å². The Morgan fingerprint density at radius 1 is 1.10 bits per heavy atom. The molecule has 158 valence electrons. The molecule has 1 aliphatic heterocycles. The molecule has 0 unspecified atom stereocenters. The number of hydrogen-bond acceptors (Lipinski definition) is 3.